The van der Waals surface area contributed by atoms with Gasteiger partial charge in [0.05, 0.1) is 29.6 Å². The molecule has 1 aromatic carbocycles. The molecule has 1 saturated heterocycles. The molecule has 2 N–H and O–H groups in total. The van der Waals surface area contributed by atoms with Gasteiger partial charge >= 0.3 is 0 Å². The van der Waals surface area contributed by atoms with Crippen LogP contribution in [0.1, 0.15) is 18.3 Å². The SMILES string of the molecule is Cc1n[nH]c(C)c1-c1ccc2[nH]nc(-c3cc(N4CCO[C@H](C)C4)ncn3)c2c1. The molecule has 29 heavy (non-hydrogen) atoms. The molecule has 1 aliphatic rings. The first-order valence-corrected chi connectivity index (χ1v) is 9.79. The highest BCUT2D eigenvalue weighted by molar-refractivity contribution is 5.95. The lowest BCUT2D eigenvalue weighted by Crippen LogP contribution is -2.41. The molecule has 0 saturated carbocycles. The summed E-state index contributed by atoms with van der Waals surface area (Å²) in [6, 6.07) is 8.31. The van der Waals surface area contributed by atoms with E-state index in [1.807, 2.05) is 19.9 Å². The lowest BCUT2D eigenvalue weighted by atomic mass is 10.0. The Labute approximate surface area is 168 Å². The Morgan fingerprint density at radius 3 is 2.79 bits per heavy atom. The Kier molecular flexibility index (Phi) is 4.28. The number of aromatic amines is 2. The summed E-state index contributed by atoms with van der Waals surface area (Å²) in [5, 5.41) is 16.1. The van der Waals surface area contributed by atoms with Gasteiger partial charge in [-0.2, -0.15) is 10.2 Å². The van der Waals surface area contributed by atoms with Crippen LogP contribution in [0.4, 0.5) is 5.82 Å². The van der Waals surface area contributed by atoms with Crippen molar-refractivity contribution in [3.63, 3.8) is 0 Å². The fraction of sp³-hybridized carbons (Fsp3) is 0.333. The number of morpholine rings is 1. The molecule has 0 unspecified atom stereocenters. The second kappa shape index (κ2) is 6.97. The average molecular weight is 389 g/mol. The van der Waals surface area contributed by atoms with E-state index in [1.54, 1.807) is 6.33 Å². The third-order valence-corrected chi connectivity index (χ3v) is 5.44. The van der Waals surface area contributed by atoms with Gasteiger partial charge in [-0.15, -0.1) is 0 Å². The number of aryl methyl sites for hydroxylation is 2. The normalized spacial score (nSPS) is 17.2. The molecule has 1 fully saturated rings. The summed E-state index contributed by atoms with van der Waals surface area (Å²) in [7, 11) is 0. The molecule has 8 heteroatoms. The number of aromatic nitrogens is 6. The number of ether oxygens (including phenoxy) is 1. The standard InChI is InChI=1S/C21H23N7O/c1-12-10-28(6-7-29-12)19-9-18(22-11-23-19)21-16-8-15(4-5-17(16)26-27-21)20-13(2)24-25-14(20)3/h4-5,8-9,11-12H,6-7,10H2,1-3H3,(H,24,25)(H,26,27)/t12-/m1/s1. The molecule has 4 aromatic rings. The first kappa shape index (κ1) is 17.8. The number of fused-ring (bicyclic) bond motifs is 1. The fourth-order valence-electron chi connectivity index (χ4n) is 4.02. The van der Waals surface area contributed by atoms with Gasteiger partial charge in [0.15, 0.2) is 0 Å². The van der Waals surface area contributed by atoms with Crippen molar-refractivity contribution in [2.45, 2.75) is 26.9 Å². The highest BCUT2D eigenvalue weighted by Gasteiger charge is 2.20. The minimum atomic E-state index is 0.192. The summed E-state index contributed by atoms with van der Waals surface area (Å²) in [4.78, 5) is 11.2. The third kappa shape index (κ3) is 3.15. The Balaban J connectivity index is 1.57. The van der Waals surface area contributed by atoms with Crippen LogP contribution in [0, 0.1) is 13.8 Å². The van der Waals surface area contributed by atoms with Gasteiger partial charge in [0.2, 0.25) is 0 Å². The van der Waals surface area contributed by atoms with Crippen molar-refractivity contribution in [1.82, 2.24) is 30.4 Å². The van der Waals surface area contributed by atoms with Gasteiger partial charge in [-0.1, -0.05) is 6.07 Å². The molecule has 1 atom stereocenters. The van der Waals surface area contributed by atoms with Crippen LogP contribution in [0.2, 0.25) is 0 Å². The Hall–Kier alpha value is -3.26. The molecule has 0 radical (unpaired) electrons. The predicted molar refractivity (Wildman–Crippen MR) is 112 cm³/mol. The summed E-state index contributed by atoms with van der Waals surface area (Å²) < 4.78 is 5.65. The zero-order valence-electron chi connectivity index (χ0n) is 16.7. The van der Waals surface area contributed by atoms with Gasteiger partial charge < -0.3 is 9.64 Å². The topological polar surface area (TPSA) is 95.6 Å². The van der Waals surface area contributed by atoms with E-state index in [2.05, 4.69) is 60.4 Å². The lowest BCUT2D eigenvalue weighted by Gasteiger charge is -2.31. The Morgan fingerprint density at radius 2 is 2.00 bits per heavy atom. The molecule has 1 aliphatic heterocycles. The van der Waals surface area contributed by atoms with Gasteiger partial charge in [-0.05, 0) is 38.5 Å². The van der Waals surface area contributed by atoms with Crippen molar-refractivity contribution in [3.05, 3.63) is 42.0 Å². The molecule has 0 spiro atoms. The van der Waals surface area contributed by atoms with Crippen LogP contribution in [0.3, 0.4) is 0 Å². The van der Waals surface area contributed by atoms with Crippen LogP contribution in [-0.2, 0) is 4.74 Å². The summed E-state index contributed by atoms with van der Waals surface area (Å²) in [6.45, 7) is 8.48. The van der Waals surface area contributed by atoms with Crippen molar-refractivity contribution in [2.75, 3.05) is 24.6 Å². The number of anilines is 1. The second-order valence-electron chi connectivity index (χ2n) is 7.53. The number of benzene rings is 1. The summed E-state index contributed by atoms with van der Waals surface area (Å²) in [5.74, 6) is 0.902. The maximum atomic E-state index is 5.65. The van der Waals surface area contributed by atoms with Crippen LogP contribution >= 0.6 is 0 Å². The monoisotopic (exact) mass is 389 g/mol. The van der Waals surface area contributed by atoms with Crippen molar-refractivity contribution in [2.24, 2.45) is 0 Å². The molecular weight excluding hydrogens is 366 g/mol. The number of H-pyrrole nitrogens is 2. The van der Waals surface area contributed by atoms with Gasteiger partial charge in [-0.3, -0.25) is 10.2 Å². The Bertz CT molecular complexity index is 1160. The van der Waals surface area contributed by atoms with Gasteiger partial charge in [0.1, 0.15) is 17.8 Å². The number of nitrogens with one attached hydrogen (secondary N) is 2. The molecular formula is C21H23N7O. The van der Waals surface area contributed by atoms with Gasteiger partial charge in [0.25, 0.3) is 0 Å². The van der Waals surface area contributed by atoms with E-state index in [1.165, 1.54) is 0 Å². The molecule has 4 heterocycles. The van der Waals surface area contributed by atoms with Crippen molar-refractivity contribution in [3.8, 4) is 22.5 Å². The van der Waals surface area contributed by atoms with E-state index in [0.717, 1.165) is 63.7 Å². The van der Waals surface area contributed by atoms with Crippen molar-refractivity contribution >= 4 is 16.7 Å². The second-order valence-corrected chi connectivity index (χ2v) is 7.53. The maximum absolute atomic E-state index is 5.65. The molecule has 148 valence electrons. The lowest BCUT2D eigenvalue weighted by molar-refractivity contribution is 0.0529. The quantitative estimate of drug-likeness (QED) is 0.558. The van der Waals surface area contributed by atoms with Crippen molar-refractivity contribution < 1.29 is 4.74 Å². The van der Waals surface area contributed by atoms with Crippen molar-refractivity contribution in [1.29, 1.82) is 0 Å². The minimum Gasteiger partial charge on any atom is -0.375 e. The van der Waals surface area contributed by atoms with E-state index in [0.29, 0.717) is 6.61 Å². The molecule has 5 rings (SSSR count). The number of rotatable bonds is 3. The first-order chi connectivity index (χ1) is 14.1. The summed E-state index contributed by atoms with van der Waals surface area (Å²) in [5.41, 5.74) is 6.88. The zero-order valence-corrected chi connectivity index (χ0v) is 16.7. The van der Waals surface area contributed by atoms with Crippen LogP contribution in [0.25, 0.3) is 33.4 Å². The van der Waals surface area contributed by atoms with E-state index in [4.69, 9.17) is 4.74 Å². The average Bonchev–Trinajstić information content (AvgIpc) is 3.30. The Morgan fingerprint density at radius 1 is 1.10 bits per heavy atom. The third-order valence-electron chi connectivity index (χ3n) is 5.44. The molecule has 0 aliphatic carbocycles. The number of hydrogen-bond donors (Lipinski definition) is 2. The zero-order chi connectivity index (χ0) is 20.0. The van der Waals surface area contributed by atoms with Crippen LogP contribution in [0.5, 0.6) is 0 Å². The predicted octanol–water partition coefficient (Wildman–Crippen LogP) is 3.25. The van der Waals surface area contributed by atoms with Gasteiger partial charge in [0, 0.05) is 35.8 Å². The van der Waals surface area contributed by atoms with Crippen LogP contribution in [0.15, 0.2) is 30.6 Å². The number of hydrogen-bond acceptors (Lipinski definition) is 6. The molecule has 8 nitrogen and oxygen atoms in total. The van der Waals surface area contributed by atoms with Gasteiger partial charge in [-0.25, -0.2) is 9.97 Å². The van der Waals surface area contributed by atoms with Crippen LogP contribution < -0.4 is 4.90 Å². The molecule has 3 aromatic heterocycles. The highest BCUT2D eigenvalue weighted by atomic mass is 16.5. The maximum Gasteiger partial charge on any atom is 0.132 e. The van der Waals surface area contributed by atoms with E-state index >= 15 is 0 Å². The summed E-state index contributed by atoms with van der Waals surface area (Å²) >= 11 is 0. The molecule has 0 amide bonds. The molecule has 0 bridgehead atoms. The highest BCUT2D eigenvalue weighted by Crippen LogP contribution is 2.32. The van der Waals surface area contributed by atoms with E-state index < -0.39 is 0 Å². The number of nitrogens with zero attached hydrogens (tertiary/aromatic N) is 5. The fourth-order valence-corrected chi connectivity index (χ4v) is 4.02. The van der Waals surface area contributed by atoms with E-state index in [-0.39, 0.29) is 6.10 Å². The minimum absolute atomic E-state index is 0.192. The largest absolute Gasteiger partial charge is 0.375 e. The first-order valence-electron chi connectivity index (χ1n) is 9.79. The van der Waals surface area contributed by atoms with E-state index in [9.17, 15) is 0 Å². The summed E-state index contributed by atoms with van der Waals surface area (Å²) in [6.07, 6.45) is 1.80. The smallest absolute Gasteiger partial charge is 0.132 e. The van der Waals surface area contributed by atoms with Crippen LogP contribution in [-0.4, -0.2) is 56.2 Å².